The predicted octanol–water partition coefficient (Wildman–Crippen LogP) is 3.91. The molecule has 0 aromatic heterocycles. The first-order valence-corrected chi connectivity index (χ1v) is 10.6. The molecule has 7 nitrogen and oxygen atoms in total. The second kappa shape index (κ2) is 9.92. The molecule has 0 radical (unpaired) electrons. The van der Waals surface area contributed by atoms with Gasteiger partial charge in [-0.3, -0.25) is 9.59 Å². The van der Waals surface area contributed by atoms with Crippen LogP contribution >= 0.6 is 11.6 Å². The van der Waals surface area contributed by atoms with Gasteiger partial charge in [-0.2, -0.15) is 0 Å². The van der Waals surface area contributed by atoms with Gasteiger partial charge < -0.3 is 24.6 Å². The Balaban J connectivity index is 1.68. The fourth-order valence-corrected chi connectivity index (χ4v) is 3.82. The summed E-state index contributed by atoms with van der Waals surface area (Å²) < 4.78 is 10.4. The van der Waals surface area contributed by atoms with Crippen LogP contribution in [0.15, 0.2) is 36.4 Å². The van der Waals surface area contributed by atoms with Gasteiger partial charge in [0.1, 0.15) is 11.5 Å². The molecule has 0 unspecified atom stereocenters. The van der Waals surface area contributed by atoms with E-state index in [2.05, 4.69) is 10.2 Å². The van der Waals surface area contributed by atoms with E-state index in [0.717, 1.165) is 5.69 Å². The maximum Gasteiger partial charge on any atom is 0.255 e. The predicted molar refractivity (Wildman–Crippen MR) is 123 cm³/mol. The van der Waals surface area contributed by atoms with Gasteiger partial charge in [-0.1, -0.05) is 25.4 Å². The first-order valence-electron chi connectivity index (χ1n) is 10.2. The van der Waals surface area contributed by atoms with Crippen LogP contribution in [0.2, 0.25) is 5.02 Å². The van der Waals surface area contributed by atoms with E-state index in [0.29, 0.717) is 54.0 Å². The monoisotopic (exact) mass is 445 g/mol. The van der Waals surface area contributed by atoms with Crippen molar-refractivity contribution in [1.82, 2.24) is 4.90 Å². The van der Waals surface area contributed by atoms with Gasteiger partial charge in [-0.25, -0.2) is 0 Å². The SMILES string of the molecule is COc1cc(OC)cc(C(=O)Nc2ccc(N3CCN(C(=O)C(C)C)CC3)c(Cl)c2)c1. The van der Waals surface area contributed by atoms with Crippen LogP contribution in [0.25, 0.3) is 0 Å². The molecular weight excluding hydrogens is 418 g/mol. The number of methoxy groups -OCH3 is 2. The van der Waals surface area contributed by atoms with Crippen molar-refractivity contribution in [2.75, 3.05) is 50.6 Å². The van der Waals surface area contributed by atoms with E-state index in [1.54, 1.807) is 24.3 Å². The van der Waals surface area contributed by atoms with Gasteiger partial charge in [0.2, 0.25) is 5.91 Å². The first-order chi connectivity index (χ1) is 14.8. The summed E-state index contributed by atoms with van der Waals surface area (Å²) in [6, 6.07) is 10.4. The highest BCUT2D eigenvalue weighted by Gasteiger charge is 2.24. The number of benzene rings is 2. The lowest BCUT2D eigenvalue weighted by molar-refractivity contribution is -0.134. The molecule has 3 rings (SSSR count). The number of piperazine rings is 1. The highest BCUT2D eigenvalue weighted by molar-refractivity contribution is 6.33. The van der Waals surface area contributed by atoms with E-state index < -0.39 is 0 Å². The molecule has 1 fully saturated rings. The molecule has 31 heavy (non-hydrogen) atoms. The lowest BCUT2D eigenvalue weighted by Crippen LogP contribution is -2.50. The fourth-order valence-electron chi connectivity index (χ4n) is 3.52. The number of hydrogen-bond acceptors (Lipinski definition) is 5. The van der Waals surface area contributed by atoms with Gasteiger partial charge in [0.05, 0.1) is 24.9 Å². The van der Waals surface area contributed by atoms with E-state index in [1.807, 2.05) is 30.9 Å². The average molecular weight is 446 g/mol. The average Bonchev–Trinajstić information content (AvgIpc) is 2.78. The number of halogens is 1. The minimum atomic E-state index is -0.290. The zero-order chi connectivity index (χ0) is 22.5. The van der Waals surface area contributed by atoms with E-state index in [4.69, 9.17) is 21.1 Å². The lowest BCUT2D eigenvalue weighted by Gasteiger charge is -2.37. The summed E-state index contributed by atoms with van der Waals surface area (Å²) >= 11 is 6.52. The molecule has 0 aliphatic carbocycles. The third kappa shape index (κ3) is 5.41. The molecule has 2 aromatic carbocycles. The summed E-state index contributed by atoms with van der Waals surface area (Å²) in [7, 11) is 3.07. The van der Waals surface area contributed by atoms with E-state index >= 15 is 0 Å². The Morgan fingerprint density at radius 1 is 0.968 bits per heavy atom. The second-order valence-corrected chi connectivity index (χ2v) is 8.10. The van der Waals surface area contributed by atoms with Gasteiger partial charge in [0.15, 0.2) is 0 Å². The smallest absolute Gasteiger partial charge is 0.255 e. The Morgan fingerprint density at radius 3 is 2.10 bits per heavy atom. The van der Waals surface area contributed by atoms with E-state index in [1.165, 1.54) is 14.2 Å². The highest BCUT2D eigenvalue weighted by Crippen LogP contribution is 2.30. The molecule has 0 spiro atoms. The maximum absolute atomic E-state index is 12.7. The standard InChI is InChI=1S/C23H28ClN3O4/c1-15(2)23(29)27-9-7-26(8-10-27)21-6-5-17(13-20(21)24)25-22(28)16-11-18(30-3)14-19(12-16)31-4/h5-6,11-15H,7-10H2,1-4H3,(H,25,28). The van der Waals surface area contributed by atoms with Crippen molar-refractivity contribution >= 4 is 34.8 Å². The third-order valence-corrected chi connectivity index (χ3v) is 5.55. The van der Waals surface area contributed by atoms with Crippen LogP contribution < -0.4 is 19.7 Å². The highest BCUT2D eigenvalue weighted by atomic mass is 35.5. The van der Waals surface area contributed by atoms with Crippen molar-refractivity contribution in [2.24, 2.45) is 5.92 Å². The minimum absolute atomic E-state index is 0.00239. The lowest BCUT2D eigenvalue weighted by atomic mass is 10.1. The van der Waals surface area contributed by atoms with Gasteiger partial charge in [0, 0.05) is 49.4 Å². The van der Waals surface area contributed by atoms with Crippen LogP contribution in [0.3, 0.4) is 0 Å². The summed E-state index contributed by atoms with van der Waals surface area (Å²) in [5, 5.41) is 3.41. The molecule has 1 aliphatic rings. The molecule has 166 valence electrons. The number of nitrogens with one attached hydrogen (secondary N) is 1. The molecule has 1 N–H and O–H groups in total. The van der Waals surface area contributed by atoms with Crippen molar-refractivity contribution in [1.29, 1.82) is 0 Å². The third-order valence-electron chi connectivity index (χ3n) is 5.25. The van der Waals surface area contributed by atoms with Crippen LogP contribution in [-0.4, -0.2) is 57.1 Å². The Kier molecular flexibility index (Phi) is 7.28. The van der Waals surface area contributed by atoms with Crippen LogP contribution in [0.5, 0.6) is 11.5 Å². The molecular formula is C23H28ClN3O4. The van der Waals surface area contributed by atoms with E-state index in [9.17, 15) is 9.59 Å². The Bertz CT molecular complexity index is 934. The molecule has 1 aliphatic heterocycles. The number of anilines is 2. The summed E-state index contributed by atoms with van der Waals surface area (Å²) in [4.78, 5) is 28.9. The normalized spacial score (nSPS) is 13.9. The number of rotatable bonds is 6. The molecule has 0 atom stereocenters. The van der Waals surface area contributed by atoms with Crippen LogP contribution in [0, 0.1) is 5.92 Å². The summed E-state index contributed by atoms with van der Waals surface area (Å²) in [5.41, 5.74) is 1.90. The Morgan fingerprint density at radius 2 is 1.58 bits per heavy atom. The van der Waals surface area contributed by atoms with E-state index in [-0.39, 0.29) is 17.7 Å². The van der Waals surface area contributed by atoms with Crippen LogP contribution in [0.4, 0.5) is 11.4 Å². The largest absolute Gasteiger partial charge is 0.497 e. The van der Waals surface area contributed by atoms with Crippen molar-refractivity contribution in [3.05, 3.63) is 47.0 Å². The zero-order valence-electron chi connectivity index (χ0n) is 18.3. The van der Waals surface area contributed by atoms with Gasteiger partial charge in [-0.05, 0) is 30.3 Å². The summed E-state index contributed by atoms with van der Waals surface area (Å²) in [6.07, 6.45) is 0. The van der Waals surface area contributed by atoms with Gasteiger partial charge in [0.25, 0.3) is 5.91 Å². The zero-order valence-corrected chi connectivity index (χ0v) is 19.0. The van der Waals surface area contributed by atoms with Crippen molar-refractivity contribution in [3.8, 4) is 11.5 Å². The molecule has 0 saturated carbocycles. The number of carbonyl (C=O) groups excluding carboxylic acids is 2. The minimum Gasteiger partial charge on any atom is -0.497 e. The number of carbonyl (C=O) groups is 2. The summed E-state index contributed by atoms with van der Waals surface area (Å²) in [6.45, 7) is 6.61. The first kappa shape index (κ1) is 22.7. The molecule has 1 saturated heterocycles. The topological polar surface area (TPSA) is 71.1 Å². The number of nitrogens with zero attached hydrogens (tertiary/aromatic N) is 2. The fraction of sp³-hybridized carbons (Fsp3) is 0.391. The second-order valence-electron chi connectivity index (χ2n) is 7.69. The van der Waals surface area contributed by atoms with Gasteiger partial charge in [-0.15, -0.1) is 0 Å². The maximum atomic E-state index is 12.7. The Hall–Kier alpha value is -2.93. The number of ether oxygens (including phenoxy) is 2. The summed E-state index contributed by atoms with van der Waals surface area (Å²) in [5.74, 6) is 0.961. The van der Waals surface area contributed by atoms with Crippen LogP contribution in [-0.2, 0) is 4.79 Å². The number of amides is 2. The Labute approximate surface area is 187 Å². The van der Waals surface area contributed by atoms with Crippen molar-refractivity contribution in [3.63, 3.8) is 0 Å². The molecule has 2 amide bonds. The molecule has 1 heterocycles. The number of hydrogen-bond donors (Lipinski definition) is 1. The van der Waals surface area contributed by atoms with Crippen molar-refractivity contribution < 1.29 is 19.1 Å². The molecule has 0 bridgehead atoms. The molecule has 2 aromatic rings. The van der Waals surface area contributed by atoms with Gasteiger partial charge >= 0.3 is 0 Å². The van der Waals surface area contributed by atoms with Crippen LogP contribution in [0.1, 0.15) is 24.2 Å². The quantitative estimate of drug-likeness (QED) is 0.729. The molecule has 8 heteroatoms. The van der Waals surface area contributed by atoms with Crippen molar-refractivity contribution in [2.45, 2.75) is 13.8 Å².